The van der Waals surface area contributed by atoms with Crippen LogP contribution < -0.4 is 14.8 Å². The molecule has 0 fully saturated rings. The Bertz CT molecular complexity index is 532. The maximum atomic E-state index is 11.9. The quantitative estimate of drug-likeness (QED) is 0.885. The summed E-state index contributed by atoms with van der Waals surface area (Å²) in [6.45, 7) is 4.37. The fourth-order valence-corrected chi connectivity index (χ4v) is 1.58. The molecule has 0 bridgehead atoms. The molecule has 0 unspecified atom stereocenters. The molecule has 1 aromatic carbocycles. The lowest BCUT2D eigenvalue weighted by atomic mass is 9.94. The maximum Gasteiger partial charge on any atom is 0.244 e. The maximum absolute atomic E-state index is 11.9. The first-order valence-corrected chi connectivity index (χ1v) is 6.15. The van der Waals surface area contributed by atoms with Crippen molar-refractivity contribution >= 4 is 11.6 Å². The van der Waals surface area contributed by atoms with Gasteiger partial charge in [0.25, 0.3) is 0 Å². The third-order valence-electron chi connectivity index (χ3n) is 2.85. The van der Waals surface area contributed by atoms with Gasteiger partial charge in [-0.25, -0.2) is 0 Å². The van der Waals surface area contributed by atoms with Crippen LogP contribution in [0.15, 0.2) is 18.2 Å². The van der Waals surface area contributed by atoms with Crippen molar-refractivity contribution in [2.45, 2.75) is 20.3 Å². The van der Waals surface area contributed by atoms with Crippen molar-refractivity contribution in [1.82, 2.24) is 0 Å². The van der Waals surface area contributed by atoms with E-state index >= 15 is 0 Å². The third-order valence-corrected chi connectivity index (χ3v) is 2.85. The molecule has 100 valence electrons. The second-order valence-electron chi connectivity index (χ2n) is 4.90. The molecule has 1 aromatic rings. The van der Waals surface area contributed by atoms with E-state index in [4.69, 9.17) is 14.7 Å². The molecule has 19 heavy (non-hydrogen) atoms. The normalized spacial score (nSPS) is 14.2. The summed E-state index contributed by atoms with van der Waals surface area (Å²) in [5.41, 5.74) is -0.470. The minimum atomic E-state index is -1.07. The highest BCUT2D eigenvalue weighted by atomic mass is 16.5. The van der Waals surface area contributed by atoms with Gasteiger partial charge >= 0.3 is 0 Å². The van der Waals surface area contributed by atoms with Crippen molar-refractivity contribution in [3.8, 4) is 17.6 Å². The molecule has 5 heteroatoms. The molecule has 1 aliphatic rings. The fourth-order valence-electron chi connectivity index (χ4n) is 1.58. The number of fused-ring (bicyclic) bond motifs is 1. The lowest BCUT2D eigenvalue weighted by Gasteiger charge is -2.16. The van der Waals surface area contributed by atoms with Gasteiger partial charge in [-0.05, 0) is 26.0 Å². The number of ether oxygens (including phenoxy) is 2. The van der Waals surface area contributed by atoms with Crippen molar-refractivity contribution in [2.24, 2.45) is 5.41 Å². The van der Waals surface area contributed by atoms with Gasteiger partial charge in [0.15, 0.2) is 11.5 Å². The lowest BCUT2D eigenvalue weighted by molar-refractivity contribution is -0.121. The molecule has 5 nitrogen and oxygen atoms in total. The van der Waals surface area contributed by atoms with Gasteiger partial charge in [-0.15, -0.1) is 0 Å². The number of rotatable bonds is 2. The zero-order valence-electron chi connectivity index (χ0n) is 11.0. The summed E-state index contributed by atoms with van der Waals surface area (Å²) >= 11 is 0. The van der Waals surface area contributed by atoms with Gasteiger partial charge in [-0.1, -0.05) is 0 Å². The van der Waals surface area contributed by atoms with Crippen molar-refractivity contribution in [2.75, 3.05) is 18.5 Å². The van der Waals surface area contributed by atoms with Crippen LogP contribution in [0, 0.1) is 16.7 Å². The van der Waals surface area contributed by atoms with E-state index in [1.54, 1.807) is 32.0 Å². The van der Waals surface area contributed by atoms with Crippen LogP contribution in [0.2, 0.25) is 0 Å². The van der Waals surface area contributed by atoms with Crippen LogP contribution in [0.3, 0.4) is 0 Å². The predicted molar refractivity (Wildman–Crippen MR) is 70.1 cm³/mol. The Balaban J connectivity index is 2.17. The van der Waals surface area contributed by atoms with E-state index < -0.39 is 5.41 Å². The van der Waals surface area contributed by atoms with Crippen molar-refractivity contribution in [3.63, 3.8) is 0 Å². The van der Waals surface area contributed by atoms with Crippen LogP contribution in [-0.4, -0.2) is 19.1 Å². The Labute approximate surface area is 112 Å². The summed E-state index contributed by atoms with van der Waals surface area (Å²) in [4.78, 5) is 11.9. The van der Waals surface area contributed by atoms with Crippen LogP contribution in [-0.2, 0) is 4.79 Å². The van der Waals surface area contributed by atoms with E-state index in [9.17, 15) is 4.79 Å². The molecule has 2 rings (SSSR count). The molecule has 1 amide bonds. The molecule has 0 radical (unpaired) electrons. The predicted octanol–water partition coefficient (Wildman–Crippen LogP) is 2.34. The number of amides is 1. The van der Waals surface area contributed by atoms with Gasteiger partial charge in [0.2, 0.25) is 5.91 Å². The standard InChI is InChI=1S/C14H16N2O3/c1-14(2,9-15)13(17)16-10-4-5-11-12(8-10)19-7-3-6-18-11/h4-5,8H,3,6-7H2,1-2H3,(H,16,17). The molecule has 1 aliphatic heterocycles. The number of carbonyl (C=O) groups is 1. The third kappa shape index (κ3) is 2.97. The zero-order chi connectivity index (χ0) is 13.9. The van der Waals surface area contributed by atoms with Crippen LogP contribution in [0.4, 0.5) is 5.69 Å². The van der Waals surface area contributed by atoms with Crippen LogP contribution >= 0.6 is 0 Å². The molecule has 0 aromatic heterocycles. The number of nitrogens with zero attached hydrogens (tertiary/aromatic N) is 1. The monoisotopic (exact) mass is 260 g/mol. The van der Waals surface area contributed by atoms with Crippen molar-refractivity contribution in [3.05, 3.63) is 18.2 Å². The van der Waals surface area contributed by atoms with Gasteiger partial charge in [-0.2, -0.15) is 5.26 Å². The number of hydrogen-bond acceptors (Lipinski definition) is 4. The van der Waals surface area contributed by atoms with Crippen molar-refractivity contribution in [1.29, 1.82) is 5.26 Å². The Morgan fingerprint density at radius 2 is 2.00 bits per heavy atom. The summed E-state index contributed by atoms with van der Waals surface area (Å²) in [5.74, 6) is 0.949. The summed E-state index contributed by atoms with van der Waals surface area (Å²) in [6.07, 6.45) is 0.831. The number of anilines is 1. The number of hydrogen-bond donors (Lipinski definition) is 1. The highest BCUT2D eigenvalue weighted by molar-refractivity contribution is 5.96. The smallest absolute Gasteiger partial charge is 0.244 e. The first-order chi connectivity index (χ1) is 9.03. The SMILES string of the molecule is CC(C)(C#N)C(=O)Nc1ccc2c(c1)OCCCO2. The second-order valence-corrected chi connectivity index (χ2v) is 4.90. The summed E-state index contributed by atoms with van der Waals surface area (Å²) < 4.78 is 11.0. The summed E-state index contributed by atoms with van der Waals surface area (Å²) in [5, 5.41) is 11.6. The average Bonchev–Trinajstić information content (AvgIpc) is 2.63. The van der Waals surface area contributed by atoms with Gasteiger partial charge in [0, 0.05) is 18.2 Å². The van der Waals surface area contributed by atoms with E-state index in [1.807, 2.05) is 6.07 Å². The topological polar surface area (TPSA) is 71.4 Å². The van der Waals surface area contributed by atoms with E-state index in [-0.39, 0.29) is 5.91 Å². The minimum absolute atomic E-state index is 0.343. The van der Waals surface area contributed by atoms with E-state index in [0.29, 0.717) is 30.4 Å². The molecule has 0 aliphatic carbocycles. The molecule has 0 spiro atoms. The van der Waals surface area contributed by atoms with Gasteiger partial charge in [-0.3, -0.25) is 4.79 Å². The van der Waals surface area contributed by atoms with Crippen molar-refractivity contribution < 1.29 is 14.3 Å². The minimum Gasteiger partial charge on any atom is -0.490 e. The van der Waals surface area contributed by atoms with Gasteiger partial charge < -0.3 is 14.8 Å². The number of nitrogens with one attached hydrogen (secondary N) is 1. The van der Waals surface area contributed by atoms with Crippen LogP contribution in [0.25, 0.3) is 0 Å². The van der Waals surface area contributed by atoms with E-state index in [0.717, 1.165) is 6.42 Å². The van der Waals surface area contributed by atoms with Crippen LogP contribution in [0.1, 0.15) is 20.3 Å². The zero-order valence-corrected chi connectivity index (χ0v) is 11.0. The molecular formula is C14H16N2O3. The summed E-state index contributed by atoms with van der Waals surface area (Å²) in [7, 11) is 0. The highest BCUT2D eigenvalue weighted by Crippen LogP contribution is 2.32. The Morgan fingerprint density at radius 3 is 2.68 bits per heavy atom. The van der Waals surface area contributed by atoms with Crippen LogP contribution in [0.5, 0.6) is 11.5 Å². The number of carbonyl (C=O) groups excluding carboxylic acids is 1. The second kappa shape index (κ2) is 5.19. The molecule has 0 saturated carbocycles. The fraction of sp³-hybridized carbons (Fsp3) is 0.429. The first-order valence-electron chi connectivity index (χ1n) is 6.15. The number of nitriles is 1. The Morgan fingerprint density at radius 1 is 1.32 bits per heavy atom. The highest BCUT2D eigenvalue weighted by Gasteiger charge is 2.27. The molecule has 1 heterocycles. The molecular weight excluding hydrogens is 244 g/mol. The molecule has 0 atom stereocenters. The summed E-state index contributed by atoms with van der Waals surface area (Å²) in [6, 6.07) is 7.17. The van der Waals surface area contributed by atoms with E-state index in [2.05, 4.69) is 5.32 Å². The van der Waals surface area contributed by atoms with E-state index in [1.165, 1.54) is 0 Å². The average molecular weight is 260 g/mol. The largest absolute Gasteiger partial charge is 0.490 e. The van der Waals surface area contributed by atoms with Gasteiger partial charge in [0.1, 0.15) is 5.41 Å². The molecule has 0 saturated heterocycles. The number of benzene rings is 1. The van der Waals surface area contributed by atoms with Gasteiger partial charge in [0.05, 0.1) is 19.3 Å². The Kier molecular flexibility index (Phi) is 3.61. The lowest BCUT2D eigenvalue weighted by Crippen LogP contribution is -2.29. The Hall–Kier alpha value is -2.22. The molecule has 1 N–H and O–H groups in total. The first kappa shape index (κ1) is 13.2.